The first-order valence-electron chi connectivity index (χ1n) is 8.27. The van der Waals surface area contributed by atoms with Crippen LogP contribution in [0.3, 0.4) is 0 Å². The largest absolute Gasteiger partial charge is 0.0587 e. The van der Waals surface area contributed by atoms with Gasteiger partial charge in [-0.3, -0.25) is 0 Å². The van der Waals surface area contributed by atoms with Crippen LogP contribution in [0.25, 0.3) is 11.1 Å². The molecule has 2 aromatic carbocycles. The normalized spacial score (nSPS) is 18.1. The highest BCUT2D eigenvalue weighted by Gasteiger charge is 2.38. The van der Waals surface area contributed by atoms with Crippen molar-refractivity contribution in [2.45, 2.75) is 58.8 Å². The van der Waals surface area contributed by atoms with Gasteiger partial charge in [0, 0.05) is 5.41 Å². The van der Waals surface area contributed by atoms with Gasteiger partial charge in [0.1, 0.15) is 0 Å². The number of benzene rings is 2. The highest BCUT2D eigenvalue weighted by molar-refractivity contribution is 5.85. The van der Waals surface area contributed by atoms with Crippen LogP contribution in [0.4, 0.5) is 0 Å². The van der Waals surface area contributed by atoms with Gasteiger partial charge in [-0.15, -0.1) is 0 Å². The molecule has 0 aliphatic heterocycles. The lowest BCUT2D eigenvalue weighted by molar-refractivity contribution is 0.650. The van der Waals surface area contributed by atoms with Gasteiger partial charge in [-0.25, -0.2) is 0 Å². The van der Waals surface area contributed by atoms with Crippen molar-refractivity contribution in [1.82, 2.24) is 0 Å². The monoisotopic (exact) mass is 276 g/mol. The van der Waals surface area contributed by atoms with E-state index in [2.05, 4.69) is 52.0 Å². The van der Waals surface area contributed by atoms with Crippen LogP contribution in [0.5, 0.6) is 0 Å². The molecule has 0 bridgehead atoms. The number of aryl methyl sites for hydroxylation is 2. The summed E-state index contributed by atoms with van der Waals surface area (Å²) >= 11 is 0. The van der Waals surface area contributed by atoms with Gasteiger partial charge in [0.2, 0.25) is 0 Å². The lowest BCUT2D eigenvalue weighted by atomic mass is 9.78. The molecule has 0 amide bonds. The van der Waals surface area contributed by atoms with Gasteiger partial charge in [0.25, 0.3) is 0 Å². The first kappa shape index (κ1) is 13.1. The first-order chi connectivity index (χ1) is 10.00. The quantitative estimate of drug-likeness (QED) is 0.597. The van der Waals surface area contributed by atoms with Crippen LogP contribution in [-0.4, -0.2) is 0 Å². The van der Waals surface area contributed by atoms with E-state index in [0.717, 1.165) is 0 Å². The minimum Gasteiger partial charge on any atom is -0.0587 e. The van der Waals surface area contributed by atoms with E-state index in [1.54, 1.807) is 22.3 Å². The number of hydrogen-bond acceptors (Lipinski definition) is 0. The number of hydrogen-bond donors (Lipinski definition) is 0. The van der Waals surface area contributed by atoms with Gasteiger partial charge in [0.15, 0.2) is 0 Å². The Kier molecular flexibility index (Phi) is 2.64. The Balaban J connectivity index is 2.10. The number of rotatable bonds is 0. The third kappa shape index (κ3) is 1.68. The van der Waals surface area contributed by atoms with Crippen LogP contribution in [0.2, 0.25) is 0 Å². The molecule has 21 heavy (non-hydrogen) atoms. The summed E-state index contributed by atoms with van der Waals surface area (Å²) in [7, 11) is 0. The van der Waals surface area contributed by atoms with E-state index in [1.807, 2.05) is 0 Å². The van der Waals surface area contributed by atoms with E-state index in [1.165, 1.54) is 47.9 Å². The van der Waals surface area contributed by atoms with Crippen molar-refractivity contribution in [3.05, 3.63) is 57.6 Å². The van der Waals surface area contributed by atoms with Crippen molar-refractivity contribution in [2.75, 3.05) is 0 Å². The van der Waals surface area contributed by atoms with Crippen molar-refractivity contribution < 1.29 is 0 Å². The van der Waals surface area contributed by atoms with Crippen molar-refractivity contribution in [2.24, 2.45) is 0 Å². The molecule has 2 aromatic rings. The highest BCUT2D eigenvalue weighted by atomic mass is 14.4. The van der Waals surface area contributed by atoms with Crippen LogP contribution in [-0.2, 0) is 18.3 Å². The standard InChI is InChI=1S/C21H24/c1-13-9-10-17-18(11-13)21(3,4)19-12-14(2)15-7-5-6-8-16(15)20(17)19/h9-12H,5-8H2,1-4H3. The fraction of sp³-hybridized carbons (Fsp3) is 0.429. The molecule has 0 saturated carbocycles. The summed E-state index contributed by atoms with van der Waals surface area (Å²) in [5.74, 6) is 0. The fourth-order valence-corrected chi connectivity index (χ4v) is 4.49. The van der Waals surface area contributed by atoms with Crippen LogP contribution in [0.15, 0.2) is 24.3 Å². The molecule has 0 spiro atoms. The molecule has 0 unspecified atom stereocenters. The second kappa shape index (κ2) is 4.22. The molecule has 0 aromatic heterocycles. The number of fused-ring (bicyclic) bond motifs is 5. The molecule has 0 heterocycles. The van der Waals surface area contributed by atoms with Crippen molar-refractivity contribution >= 4 is 0 Å². The molecule has 2 aliphatic carbocycles. The van der Waals surface area contributed by atoms with E-state index >= 15 is 0 Å². The lowest BCUT2D eigenvalue weighted by Gasteiger charge is -2.26. The van der Waals surface area contributed by atoms with Crippen LogP contribution in [0, 0.1) is 13.8 Å². The van der Waals surface area contributed by atoms with E-state index in [-0.39, 0.29) is 5.41 Å². The third-order valence-corrected chi connectivity index (χ3v) is 5.67. The Labute approximate surface area is 128 Å². The molecule has 0 radical (unpaired) electrons. The smallest absolute Gasteiger partial charge is 0.0159 e. The third-order valence-electron chi connectivity index (χ3n) is 5.67. The van der Waals surface area contributed by atoms with E-state index in [0.29, 0.717) is 0 Å². The van der Waals surface area contributed by atoms with Crippen molar-refractivity contribution in [3.8, 4) is 11.1 Å². The molecule has 4 rings (SSSR count). The molecule has 0 heteroatoms. The van der Waals surface area contributed by atoms with Gasteiger partial charge < -0.3 is 0 Å². The van der Waals surface area contributed by atoms with Crippen molar-refractivity contribution in [1.29, 1.82) is 0 Å². The molecule has 0 fully saturated rings. The molecular weight excluding hydrogens is 252 g/mol. The average Bonchev–Trinajstić information content (AvgIpc) is 2.68. The molecule has 2 aliphatic rings. The lowest BCUT2D eigenvalue weighted by Crippen LogP contribution is -2.16. The predicted molar refractivity (Wildman–Crippen MR) is 90.1 cm³/mol. The van der Waals surface area contributed by atoms with Crippen LogP contribution < -0.4 is 0 Å². The van der Waals surface area contributed by atoms with E-state index in [9.17, 15) is 0 Å². The molecule has 0 atom stereocenters. The van der Waals surface area contributed by atoms with Gasteiger partial charge in [-0.2, -0.15) is 0 Å². The summed E-state index contributed by atoms with van der Waals surface area (Å²) in [5.41, 5.74) is 12.5. The fourth-order valence-electron chi connectivity index (χ4n) is 4.49. The summed E-state index contributed by atoms with van der Waals surface area (Å²) in [5, 5.41) is 0. The molecule has 0 N–H and O–H groups in total. The van der Waals surface area contributed by atoms with E-state index < -0.39 is 0 Å². The topological polar surface area (TPSA) is 0 Å². The maximum absolute atomic E-state index is 2.48. The van der Waals surface area contributed by atoms with E-state index in [4.69, 9.17) is 0 Å². The Hall–Kier alpha value is -1.56. The summed E-state index contributed by atoms with van der Waals surface area (Å²) in [4.78, 5) is 0. The Morgan fingerprint density at radius 2 is 1.57 bits per heavy atom. The first-order valence-corrected chi connectivity index (χ1v) is 8.27. The Morgan fingerprint density at radius 1 is 0.857 bits per heavy atom. The minimum absolute atomic E-state index is 0.147. The highest BCUT2D eigenvalue weighted by Crippen LogP contribution is 2.52. The second-order valence-corrected chi connectivity index (χ2v) is 7.45. The Bertz CT molecular complexity index is 747. The van der Waals surface area contributed by atoms with Gasteiger partial charge in [-0.1, -0.05) is 43.7 Å². The zero-order valence-electron chi connectivity index (χ0n) is 13.6. The summed E-state index contributed by atoms with van der Waals surface area (Å²) in [6.45, 7) is 9.31. The molecular formula is C21H24. The van der Waals surface area contributed by atoms with Crippen LogP contribution >= 0.6 is 0 Å². The predicted octanol–water partition coefficient (Wildman–Crippen LogP) is 5.49. The molecule has 0 saturated heterocycles. The molecule has 108 valence electrons. The van der Waals surface area contributed by atoms with Crippen molar-refractivity contribution in [3.63, 3.8) is 0 Å². The Morgan fingerprint density at radius 3 is 2.33 bits per heavy atom. The van der Waals surface area contributed by atoms with Gasteiger partial charge in [-0.05, 0) is 78.5 Å². The molecule has 0 nitrogen and oxygen atoms in total. The zero-order chi connectivity index (χ0) is 14.8. The minimum atomic E-state index is 0.147. The summed E-state index contributed by atoms with van der Waals surface area (Å²) in [6, 6.07) is 9.52. The van der Waals surface area contributed by atoms with Crippen LogP contribution in [0.1, 0.15) is 60.1 Å². The zero-order valence-corrected chi connectivity index (χ0v) is 13.6. The maximum Gasteiger partial charge on any atom is 0.0159 e. The summed E-state index contributed by atoms with van der Waals surface area (Å²) in [6.07, 6.45) is 5.25. The second-order valence-electron chi connectivity index (χ2n) is 7.45. The average molecular weight is 276 g/mol. The SMILES string of the molecule is Cc1ccc2c(c1)C(C)(C)c1cc(C)c3c(c1-2)CCCC3. The van der Waals surface area contributed by atoms with Gasteiger partial charge in [0.05, 0.1) is 0 Å². The summed E-state index contributed by atoms with van der Waals surface area (Å²) < 4.78 is 0. The van der Waals surface area contributed by atoms with Gasteiger partial charge >= 0.3 is 0 Å². The maximum atomic E-state index is 2.48.